The van der Waals surface area contributed by atoms with Crippen LogP contribution in [0.2, 0.25) is 0 Å². The van der Waals surface area contributed by atoms with Gasteiger partial charge in [-0.1, -0.05) is 44.2 Å². The van der Waals surface area contributed by atoms with Crippen molar-refractivity contribution < 1.29 is 9.31 Å². The molecule has 2 rings (SSSR count). The van der Waals surface area contributed by atoms with Crippen LogP contribution in [-0.2, 0) is 9.31 Å². The van der Waals surface area contributed by atoms with Gasteiger partial charge in [-0.2, -0.15) is 0 Å². The Hall–Kier alpha value is -0.795. The molecule has 0 amide bonds. The summed E-state index contributed by atoms with van der Waals surface area (Å²) in [5.41, 5.74) is 0.781. The van der Waals surface area contributed by atoms with Crippen molar-refractivity contribution in [2.24, 2.45) is 5.92 Å². The first-order valence-corrected chi connectivity index (χ1v) is 7.63. The molecule has 1 aromatic rings. The zero-order chi connectivity index (χ0) is 15.0. The first kappa shape index (κ1) is 15.6. The summed E-state index contributed by atoms with van der Waals surface area (Å²) < 4.78 is 12.5. The van der Waals surface area contributed by atoms with Crippen LogP contribution in [-0.4, -0.2) is 18.3 Å². The molecule has 20 heavy (non-hydrogen) atoms. The van der Waals surface area contributed by atoms with Gasteiger partial charge in [-0.05, 0) is 45.6 Å². The van der Waals surface area contributed by atoms with Crippen LogP contribution >= 0.6 is 0 Å². The van der Waals surface area contributed by atoms with Gasteiger partial charge >= 0.3 is 7.12 Å². The summed E-state index contributed by atoms with van der Waals surface area (Å²) in [4.78, 5) is 0. The third-order valence-corrected chi connectivity index (χ3v) is 4.55. The predicted octanol–water partition coefficient (Wildman–Crippen LogP) is 4.45. The van der Waals surface area contributed by atoms with Crippen molar-refractivity contribution in [1.29, 1.82) is 0 Å². The van der Waals surface area contributed by atoms with E-state index in [0.29, 0.717) is 5.92 Å². The Labute approximate surface area is 124 Å². The van der Waals surface area contributed by atoms with Crippen molar-refractivity contribution in [3.8, 4) is 0 Å². The van der Waals surface area contributed by atoms with Gasteiger partial charge in [0.1, 0.15) is 0 Å². The Balaban J connectivity index is 2.26. The maximum atomic E-state index is 6.26. The van der Waals surface area contributed by atoms with E-state index in [-0.39, 0.29) is 24.1 Å². The second kappa shape index (κ2) is 5.53. The molecular weight excluding hydrogens is 247 g/mol. The second-order valence-corrected chi connectivity index (χ2v) is 7.27. The fourth-order valence-electron chi connectivity index (χ4n) is 2.67. The molecule has 1 aromatic carbocycles. The minimum Gasteiger partial charge on any atom is -0.403 e. The maximum absolute atomic E-state index is 6.26. The van der Waals surface area contributed by atoms with E-state index in [2.05, 4.69) is 71.9 Å². The molecule has 0 N–H and O–H groups in total. The van der Waals surface area contributed by atoms with Crippen LogP contribution in [0.4, 0.5) is 0 Å². The maximum Gasteiger partial charge on any atom is 0.465 e. The zero-order valence-electron chi connectivity index (χ0n) is 13.6. The minimum absolute atomic E-state index is 0.162. The average molecular weight is 274 g/mol. The lowest BCUT2D eigenvalue weighted by Gasteiger charge is -2.32. The van der Waals surface area contributed by atoms with Crippen LogP contribution in [0.15, 0.2) is 30.3 Å². The largest absolute Gasteiger partial charge is 0.465 e. The topological polar surface area (TPSA) is 18.5 Å². The van der Waals surface area contributed by atoms with E-state index in [4.69, 9.17) is 9.31 Å². The molecule has 2 nitrogen and oxygen atoms in total. The van der Waals surface area contributed by atoms with Crippen molar-refractivity contribution in [1.82, 2.24) is 0 Å². The summed E-state index contributed by atoms with van der Waals surface area (Å²) in [5, 5.41) is 0. The lowest BCUT2D eigenvalue weighted by molar-refractivity contribution is 0.00578. The van der Waals surface area contributed by atoms with Gasteiger partial charge in [-0.15, -0.1) is 0 Å². The molecule has 1 fully saturated rings. The standard InChI is InChI=1S/C17H27BO2/c1-13(2)12-15(14-10-8-7-9-11-14)18-19-16(3,4)17(5,6)20-18/h7-11,13,15H,12H2,1-6H3. The van der Waals surface area contributed by atoms with Crippen LogP contribution in [0, 0.1) is 5.92 Å². The molecule has 0 saturated carbocycles. The Kier molecular flexibility index (Phi) is 4.31. The van der Waals surface area contributed by atoms with Crippen LogP contribution in [0.1, 0.15) is 59.3 Å². The third kappa shape index (κ3) is 3.10. The van der Waals surface area contributed by atoms with Crippen molar-refractivity contribution in [2.75, 3.05) is 0 Å². The predicted molar refractivity (Wildman–Crippen MR) is 84.7 cm³/mol. The minimum atomic E-state index is -0.262. The van der Waals surface area contributed by atoms with Crippen LogP contribution < -0.4 is 0 Å². The Morgan fingerprint density at radius 2 is 1.45 bits per heavy atom. The van der Waals surface area contributed by atoms with Crippen molar-refractivity contribution in [3.05, 3.63) is 35.9 Å². The molecule has 0 aromatic heterocycles. The fraction of sp³-hybridized carbons (Fsp3) is 0.647. The third-order valence-electron chi connectivity index (χ3n) is 4.55. The van der Waals surface area contributed by atoms with Crippen molar-refractivity contribution in [2.45, 2.75) is 65.0 Å². The molecule has 1 aliphatic heterocycles. The highest BCUT2D eigenvalue weighted by molar-refractivity contribution is 6.47. The lowest BCUT2D eigenvalue weighted by atomic mass is 9.64. The van der Waals surface area contributed by atoms with Crippen molar-refractivity contribution >= 4 is 7.12 Å². The summed E-state index contributed by atoms with van der Waals surface area (Å²) in [6.07, 6.45) is 1.07. The molecule has 1 atom stereocenters. The Bertz CT molecular complexity index is 424. The van der Waals surface area contributed by atoms with E-state index >= 15 is 0 Å². The number of benzene rings is 1. The van der Waals surface area contributed by atoms with E-state index in [1.807, 2.05) is 0 Å². The van der Waals surface area contributed by atoms with Gasteiger partial charge < -0.3 is 9.31 Å². The molecule has 0 spiro atoms. The molecule has 1 saturated heterocycles. The van der Waals surface area contributed by atoms with Crippen molar-refractivity contribution in [3.63, 3.8) is 0 Å². The van der Waals surface area contributed by atoms with E-state index in [9.17, 15) is 0 Å². The molecule has 3 heteroatoms. The van der Waals surface area contributed by atoms with Gasteiger partial charge in [0.2, 0.25) is 0 Å². The van der Waals surface area contributed by atoms with E-state index < -0.39 is 0 Å². The van der Waals surface area contributed by atoms with Crippen LogP contribution in [0.3, 0.4) is 0 Å². The van der Waals surface area contributed by atoms with Crippen LogP contribution in [0.25, 0.3) is 0 Å². The van der Waals surface area contributed by atoms with Crippen LogP contribution in [0.5, 0.6) is 0 Å². The van der Waals surface area contributed by atoms with E-state index in [0.717, 1.165) is 6.42 Å². The number of rotatable bonds is 4. The van der Waals surface area contributed by atoms with Gasteiger partial charge in [0.05, 0.1) is 11.2 Å². The normalized spacial score (nSPS) is 22.2. The molecule has 1 unspecified atom stereocenters. The van der Waals surface area contributed by atoms with Gasteiger partial charge in [-0.25, -0.2) is 0 Å². The van der Waals surface area contributed by atoms with E-state index in [1.165, 1.54) is 5.56 Å². The summed E-state index contributed by atoms with van der Waals surface area (Å²) in [6.45, 7) is 13.0. The zero-order valence-corrected chi connectivity index (χ0v) is 13.6. The van der Waals surface area contributed by atoms with Gasteiger partial charge in [-0.3, -0.25) is 0 Å². The summed E-state index contributed by atoms with van der Waals surface area (Å²) in [6, 6.07) is 10.6. The fourth-order valence-corrected chi connectivity index (χ4v) is 2.67. The SMILES string of the molecule is CC(C)CC(B1OC(C)(C)C(C)(C)O1)c1ccccc1. The monoisotopic (exact) mass is 274 g/mol. The highest BCUT2D eigenvalue weighted by Crippen LogP contribution is 2.42. The smallest absolute Gasteiger partial charge is 0.403 e. The quantitative estimate of drug-likeness (QED) is 0.755. The molecular formula is C17H27BO2. The molecule has 0 radical (unpaired) electrons. The summed E-state index contributed by atoms with van der Waals surface area (Å²) in [5.74, 6) is 0.900. The molecule has 1 aliphatic rings. The number of hydrogen-bond acceptors (Lipinski definition) is 2. The van der Waals surface area contributed by atoms with E-state index in [1.54, 1.807) is 0 Å². The highest BCUT2D eigenvalue weighted by atomic mass is 16.7. The summed E-state index contributed by atoms with van der Waals surface area (Å²) in [7, 11) is -0.162. The second-order valence-electron chi connectivity index (χ2n) is 7.27. The molecule has 110 valence electrons. The lowest BCUT2D eigenvalue weighted by Crippen LogP contribution is -2.41. The number of hydrogen-bond donors (Lipinski definition) is 0. The average Bonchev–Trinajstić information content (AvgIpc) is 2.56. The first-order valence-electron chi connectivity index (χ1n) is 7.63. The summed E-state index contributed by atoms with van der Waals surface area (Å²) >= 11 is 0. The Morgan fingerprint density at radius 1 is 0.950 bits per heavy atom. The van der Waals surface area contributed by atoms with Gasteiger partial charge in [0, 0.05) is 5.82 Å². The molecule has 0 bridgehead atoms. The van der Waals surface area contributed by atoms with Gasteiger partial charge in [0.25, 0.3) is 0 Å². The molecule has 1 heterocycles. The van der Waals surface area contributed by atoms with Gasteiger partial charge in [0.15, 0.2) is 0 Å². The Morgan fingerprint density at radius 3 is 1.90 bits per heavy atom. The molecule has 0 aliphatic carbocycles. The first-order chi connectivity index (χ1) is 9.23. The highest BCUT2D eigenvalue weighted by Gasteiger charge is 2.53.